The van der Waals surface area contributed by atoms with Gasteiger partial charge in [-0.3, -0.25) is 0 Å². The first kappa shape index (κ1) is 23.6. The lowest BCUT2D eigenvalue weighted by Gasteiger charge is -2.26. The highest BCUT2D eigenvalue weighted by atomic mass is 19.4. The van der Waals surface area contributed by atoms with Crippen molar-refractivity contribution in [2.75, 3.05) is 0 Å². The second-order valence-electron chi connectivity index (χ2n) is 8.09. The molecule has 0 amide bonds. The van der Waals surface area contributed by atoms with Gasteiger partial charge in [0.15, 0.2) is 0 Å². The summed E-state index contributed by atoms with van der Waals surface area (Å²) in [5, 5.41) is 0. The Morgan fingerprint density at radius 1 is 1.00 bits per heavy atom. The van der Waals surface area contributed by atoms with E-state index in [1.54, 1.807) is 0 Å². The molecule has 0 bridgehead atoms. The summed E-state index contributed by atoms with van der Waals surface area (Å²) in [6.07, 6.45) is 11.3. The minimum absolute atomic E-state index is 0.157. The zero-order valence-electron chi connectivity index (χ0n) is 17.1. The zero-order valence-corrected chi connectivity index (χ0v) is 17.1. The zero-order chi connectivity index (χ0) is 21.3. The number of benzene rings is 1. The highest BCUT2D eigenvalue weighted by molar-refractivity contribution is 5.52. The van der Waals surface area contributed by atoms with Gasteiger partial charge < -0.3 is 0 Å². The number of rotatable bonds is 9. The van der Waals surface area contributed by atoms with Gasteiger partial charge in [0.2, 0.25) is 0 Å². The molecule has 1 aromatic carbocycles. The second-order valence-corrected chi connectivity index (χ2v) is 8.09. The molecule has 0 spiro atoms. The molecule has 0 heterocycles. The van der Waals surface area contributed by atoms with Crippen molar-refractivity contribution in [3.8, 4) is 0 Å². The van der Waals surface area contributed by atoms with Crippen LogP contribution in [0.15, 0.2) is 30.4 Å². The Morgan fingerprint density at radius 2 is 1.66 bits per heavy atom. The molecule has 0 nitrogen and oxygen atoms in total. The van der Waals surface area contributed by atoms with E-state index >= 15 is 0 Å². The van der Waals surface area contributed by atoms with E-state index in [2.05, 4.69) is 19.1 Å². The predicted molar refractivity (Wildman–Crippen MR) is 108 cm³/mol. The van der Waals surface area contributed by atoms with Gasteiger partial charge in [-0.2, -0.15) is 13.2 Å². The Balaban J connectivity index is 1.78. The molecule has 1 fully saturated rings. The number of unbranched alkanes of at least 4 members (excludes halogenated alkanes) is 2. The summed E-state index contributed by atoms with van der Waals surface area (Å²) < 4.78 is 64.5. The monoisotopic (exact) mass is 414 g/mol. The molecule has 2 rings (SSSR count). The molecule has 0 aliphatic heterocycles. The van der Waals surface area contributed by atoms with Crippen molar-refractivity contribution in [1.82, 2.24) is 0 Å². The SMILES string of the molecule is CCCCCC1CCC(/C=C/CCc2cc(F)c(/C=C/C(F)(F)F)c(F)c2)CC1. The van der Waals surface area contributed by atoms with Crippen LogP contribution in [0.2, 0.25) is 0 Å². The lowest BCUT2D eigenvalue weighted by Crippen LogP contribution is -2.13. The van der Waals surface area contributed by atoms with Crippen molar-refractivity contribution in [2.24, 2.45) is 11.8 Å². The molecule has 1 saturated carbocycles. The van der Waals surface area contributed by atoms with Crippen molar-refractivity contribution < 1.29 is 22.0 Å². The van der Waals surface area contributed by atoms with E-state index in [-0.39, 0.29) is 6.08 Å². The second kappa shape index (κ2) is 11.5. The van der Waals surface area contributed by atoms with E-state index in [1.807, 2.05) is 0 Å². The number of hydrogen-bond donors (Lipinski definition) is 0. The summed E-state index contributed by atoms with van der Waals surface area (Å²) >= 11 is 0. The van der Waals surface area contributed by atoms with E-state index in [0.717, 1.165) is 18.1 Å². The van der Waals surface area contributed by atoms with Crippen LogP contribution in [-0.4, -0.2) is 6.18 Å². The Hall–Kier alpha value is -1.65. The van der Waals surface area contributed by atoms with Crippen LogP contribution in [0.4, 0.5) is 22.0 Å². The summed E-state index contributed by atoms with van der Waals surface area (Å²) in [5.41, 5.74) is -0.203. The minimum atomic E-state index is -4.60. The van der Waals surface area contributed by atoms with Gasteiger partial charge in [-0.1, -0.05) is 44.8 Å². The minimum Gasteiger partial charge on any atom is -0.206 e. The summed E-state index contributed by atoms with van der Waals surface area (Å²) in [4.78, 5) is 0. The lowest BCUT2D eigenvalue weighted by atomic mass is 9.79. The third-order valence-electron chi connectivity index (χ3n) is 5.69. The molecular formula is C24H31F5. The molecule has 162 valence electrons. The quantitative estimate of drug-likeness (QED) is 0.216. The molecule has 0 unspecified atom stereocenters. The van der Waals surface area contributed by atoms with Crippen LogP contribution in [0.5, 0.6) is 0 Å². The van der Waals surface area contributed by atoms with Crippen LogP contribution < -0.4 is 0 Å². The highest BCUT2D eigenvalue weighted by Gasteiger charge is 2.23. The van der Waals surface area contributed by atoms with E-state index in [9.17, 15) is 22.0 Å². The first-order chi connectivity index (χ1) is 13.8. The molecule has 1 aliphatic carbocycles. The fourth-order valence-electron chi connectivity index (χ4n) is 4.01. The maximum atomic E-state index is 14.0. The van der Waals surface area contributed by atoms with Crippen LogP contribution in [0.3, 0.4) is 0 Å². The van der Waals surface area contributed by atoms with Crippen molar-refractivity contribution in [3.05, 3.63) is 53.1 Å². The smallest absolute Gasteiger partial charge is 0.206 e. The number of hydrogen-bond acceptors (Lipinski definition) is 0. The van der Waals surface area contributed by atoms with E-state index < -0.39 is 23.4 Å². The molecule has 0 radical (unpaired) electrons. The molecule has 0 aromatic heterocycles. The maximum Gasteiger partial charge on any atom is 0.409 e. The van der Waals surface area contributed by atoms with Crippen LogP contribution in [0.1, 0.15) is 75.8 Å². The summed E-state index contributed by atoms with van der Waals surface area (Å²) in [5.74, 6) is -0.486. The third-order valence-corrected chi connectivity index (χ3v) is 5.69. The number of halogens is 5. The molecule has 29 heavy (non-hydrogen) atoms. The van der Waals surface area contributed by atoms with E-state index in [0.29, 0.717) is 30.4 Å². The summed E-state index contributed by atoms with van der Waals surface area (Å²) in [6.45, 7) is 2.23. The molecule has 1 aliphatic rings. The topological polar surface area (TPSA) is 0 Å². The maximum absolute atomic E-state index is 14.0. The molecular weight excluding hydrogens is 383 g/mol. The number of alkyl halides is 3. The van der Waals surface area contributed by atoms with Crippen LogP contribution >= 0.6 is 0 Å². The number of allylic oxidation sites excluding steroid dienone is 3. The van der Waals surface area contributed by atoms with Gasteiger partial charge in [0.1, 0.15) is 11.6 Å². The van der Waals surface area contributed by atoms with Gasteiger partial charge in [-0.15, -0.1) is 0 Å². The van der Waals surface area contributed by atoms with E-state index in [1.165, 1.54) is 51.4 Å². The van der Waals surface area contributed by atoms with Crippen molar-refractivity contribution >= 4 is 6.08 Å². The highest BCUT2D eigenvalue weighted by Crippen LogP contribution is 2.32. The van der Waals surface area contributed by atoms with Gasteiger partial charge in [-0.25, -0.2) is 8.78 Å². The summed E-state index contributed by atoms with van der Waals surface area (Å²) in [7, 11) is 0. The third kappa shape index (κ3) is 8.71. The van der Waals surface area contributed by atoms with Crippen LogP contribution in [0.25, 0.3) is 6.08 Å². The largest absolute Gasteiger partial charge is 0.409 e. The van der Waals surface area contributed by atoms with Gasteiger partial charge in [0, 0.05) is 11.6 Å². The molecule has 5 heteroatoms. The fraction of sp³-hybridized carbons (Fsp3) is 0.583. The van der Waals surface area contributed by atoms with Gasteiger partial charge >= 0.3 is 6.18 Å². The Labute approximate surface area is 170 Å². The van der Waals surface area contributed by atoms with Gasteiger partial charge in [0.25, 0.3) is 0 Å². The standard InChI is InChI=1S/C24H31F5/c1-2-3-4-7-18-10-12-19(13-11-18)8-5-6-9-20-16-22(25)21(23(26)17-20)14-15-24(27,28)29/h5,8,14-19H,2-4,6-7,9-13H2,1H3/b8-5+,15-14+. The van der Waals surface area contributed by atoms with Crippen molar-refractivity contribution in [3.63, 3.8) is 0 Å². The summed E-state index contributed by atoms with van der Waals surface area (Å²) in [6, 6.07) is 2.24. The van der Waals surface area contributed by atoms with E-state index in [4.69, 9.17) is 0 Å². The molecule has 0 N–H and O–H groups in total. The fourth-order valence-corrected chi connectivity index (χ4v) is 4.01. The normalized spacial score (nSPS) is 20.8. The molecule has 0 atom stereocenters. The first-order valence-corrected chi connectivity index (χ1v) is 10.7. The molecule has 1 aromatic rings. The average Bonchev–Trinajstić information content (AvgIpc) is 2.65. The Morgan fingerprint density at radius 3 is 2.24 bits per heavy atom. The first-order valence-electron chi connectivity index (χ1n) is 10.7. The molecule has 0 saturated heterocycles. The lowest BCUT2D eigenvalue weighted by molar-refractivity contribution is -0.0790. The Bertz CT molecular complexity index is 656. The van der Waals surface area contributed by atoms with Crippen LogP contribution in [0, 0.1) is 23.5 Å². The predicted octanol–water partition coefficient (Wildman–Crippen LogP) is 8.42. The number of aryl methyl sites for hydroxylation is 1. The van der Waals surface area contributed by atoms with Crippen LogP contribution in [-0.2, 0) is 6.42 Å². The van der Waals surface area contributed by atoms with Crippen molar-refractivity contribution in [2.45, 2.75) is 77.3 Å². The average molecular weight is 415 g/mol. The van der Waals surface area contributed by atoms with Gasteiger partial charge in [0.05, 0.1) is 0 Å². The van der Waals surface area contributed by atoms with Crippen molar-refractivity contribution in [1.29, 1.82) is 0 Å². The van der Waals surface area contributed by atoms with Gasteiger partial charge in [-0.05, 0) is 74.1 Å². The Kier molecular flexibility index (Phi) is 9.38.